The highest BCUT2D eigenvalue weighted by molar-refractivity contribution is 7.09. The number of hydrogen-bond acceptors (Lipinski definition) is 4. The molecule has 2 rings (SSSR count). The van der Waals surface area contributed by atoms with Crippen LogP contribution >= 0.6 is 11.3 Å². The SMILES string of the molecule is CCc1nc(CN(C)C(=O)C(C)OCc2ccccc2)cs1. The lowest BCUT2D eigenvalue weighted by atomic mass is 10.2. The summed E-state index contributed by atoms with van der Waals surface area (Å²) in [6.07, 6.45) is 0.466. The van der Waals surface area contributed by atoms with Crippen LogP contribution in [-0.2, 0) is 29.1 Å². The number of benzene rings is 1. The van der Waals surface area contributed by atoms with Gasteiger partial charge in [0.2, 0.25) is 0 Å². The normalized spacial score (nSPS) is 12.1. The quantitative estimate of drug-likeness (QED) is 0.787. The van der Waals surface area contributed by atoms with E-state index in [9.17, 15) is 4.79 Å². The summed E-state index contributed by atoms with van der Waals surface area (Å²) in [6, 6.07) is 9.87. The van der Waals surface area contributed by atoms with Crippen molar-refractivity contribution in [2.45, 2.75) is 39.5 Å². The molecule has 4 nitrogen and oxygen atoms in total. The summed E-state index contributed by atoms with van der Waals surface area (Å²) < 4.78 is 5.67. The minimum atomic E-state index is -0.463. The van der Waals surface area contributed by atoms with Crippen molar-refractivity contribution >= 4 is 17.2 Å². The molecular formula is C17H22N2O2S. The second-order valence-corrected chi connectivity index (χ2v) is 6.16. The fourth-order valence-electron chi connectivity index (χ4n) is 2.08. The van der Waals surface area contributed by atoms with E-state index in [0.717, 1.165) is 22.7 Å². The van der Waals surface area contributed by atoms with Crippen LogP contribution in [0.15, 0.2) is 35.7 Å². The van der Waals surface area contributed by atoms with Gasteiger partial charge in [0.25, 0.3) is 5.91 Å². The molecule has 0 saturated carbocycles. The van der Waals surface area contributed by atoms with Crippen molar-refractivity contribution in [1.29, 1.82) is 0 Å². The molecule has 1 amide bonds. The number of hydrogen-bond donors (Lipinski definition) is 0. The Morgan fingerprint density at radius 2 is 2.09 bits per heavy atom. The Kier molecular flexibility index (Phi) is 6.10. The van der Waals surface area contributed by atoms with E-state index in [0.29, 0.717) is 13.2 Å². The molecule has 0 radical (unpaired) electrons. The number of nitrogens with zero attached hydrogens (tertiary/aromatic N) is 2. The third-order valence-corrected chi connectivity index (χ3v) is 4.41. The number of aromatic nitrogens is 1. The maximum atomic E-state index is 12.3. The van der Waals surface area contributed by atoms with E-state index in [4.69, 9.17) is 4.74 Å². The summed E-state index contributed by atoms with van der Waals surface area (Å²) >= 11 is 1.64. The van der Waals surface area contributed by atoms with Crippen LogP contribution in [0.2, 0.25) is 0 Å². The lowest BCUT2D eigenvalue weighted by molar-refractivity contribution is -0.142. The Hall–Kier alpha value is -1.72. The number of aryl methyl sites for hydroxylation is 1. The van der Waals surface area contributed by atoms with Gasteiger partial charge in [-0.15, -0.1) is 11.3 Å². The fraction of sp³-hybridized carbons (Fsp3) is 0.412. The molecule has 0 fully saturated rings. The highest BCUT2D eigenvalue weighted by Crippen LogP contribution is 2.13. The Morgan fingerprint density at radius 1 is 1.36 bits per heavy atom. The molecule has 0 N–H and O–H groups in total. The zero-order valence-electron chi connectivity index (χ0n) is 13.3. The van der Waals surface area contributed by atoms with Crippen LogP contribution in [-0.4, -0.2) is 28.9 Å². The molecule has 1 heterocycles. The maximum Gasteiger partial charge on any atom is 0.251 e. The highest BCUT2D eigenvalue weighted by atomic mass is 32.1. The van der Waals surface area contributed by atoms with Gasteiger partial charge >= 0.3 is 0 Å². The Labute approximate surface area is 135 Å². The van der Waals surface area contributed by atoms with Crippen molar-refractivity contribution in [3.63, 3.8) is 0 Å². The molecule has 0 bridgehead atoms. The molecule has 0 aliphatic heterocycles. The average molecular weight is 318 g/mol. The van der Waals surface area contributed by atoms with E-state index in [-0.39, 0.29) is 5.91 Å². The highest BCUT2D eigenvalue weighted by Gasteiger charge is 2.19. The van der Waals surface area contributed by atoms with Gasteiger partial charge in [0.05, 0.1) is 23.9 Å². The standard InChI is InChI=1S/C17H22N2O2S/c1-4-16-18-15(12-22-16)10-19(3)17(20)13(2)21-11-14-8-6-5-7-9-14/h5-9,12-13H,4,10-11H2,1-3H3. The smallest absolute Gasteiger partial charge is 0.251 e. The molecule has 0 saturated heterocycles. The Bertz CT molecular complexity index is 598. The van der Waals surface area contributed by atoms with Crippen molar-refractivity contribution in [2.24, 2.45) is 0 Å². The van der Waals surface area contributed by atoms with Crippen molar-refractivity contribution in [3.05, 3.63) is 52.0 Å². The molecule has 118 valence electrons. The summed E-state index contributed by atoms with van der Waals surface area (Å²) in [6.45, 7) is 4.84. The molecule has 1 aromatic carbocycles. The molecule has 2 aromatic rings. The lowest BCUT2D eigenvalue weighted by Crippen LogP contribution is -2.35. The monoisotopic (exact) mass is 318 g/mol. The van der Waals surface area contributed by atoms with Gasteiger partial charge in [0.1, 0.15) is 6.10 Å². The van der Waals surface area contributed by atoms with Gasteiger partial charge in [0.15, 0.2) is 0 Å². The first kappa shape index (κ1) is 16.6. The summed E-state index contributed by atoms with van der Waals surface area (Å²) in [7, 11) is 1.79. The van der Waals surface area contributed by atoms with E-state index in [1.54, 1.807) is 30.2 Å². The van der Waals surface area contributed by atoms with Gasteiger partial charge in [-0.2, -0.15) is 0 Å². The van der Waals surface area contributed by atoms with Crippen molar-refractivity contribution < 1.29 is 9.53 Å². The Morgan fingerprint density at radius 3 is 2.73 bits per heavy atom. The minimum absolute atomic E-state index is 0.0259. The second kappa shape index (κ2) is 8.06. The number of thiazole rings is 1. The summed E-state index contributed by atoms with van der Waals surface area (Å²) in [4.78, 5) is 18.5. The lowest BCUT2D eigenvalue weighted by Gasteiger charge is -2.21. The van der Waals surface area contributed by atoms with E-state index < -0.39 is 6.10 Å². The third-order valence-electron chi connectivity index (χ3n) is 3.37. The molecular weight excluding hydrogens is 296 g/mol. The van der Waals surface area contributed by atoms with Crippen molar-refractivity contribution in [3.8, 4) is 0 Å². The van der Waals surface area contributed by atoms with E-state index in [1.807, 2.05) is 35.7 Å². The number of carbonyl (C=O) groups is 1. The van der Waals surface area contributed by atoms with Crippen LogP contribution in [0.4, 0.5) is 0 Å². The van der Waals surface area contributed by atoms with Gasteiger partial charge in [-0.05, 0) is 18.9 Å². The number of rotatable bonds is 7. The minimum Gasteiger partial charge on any atom is -0.364 e. The molecule has 5 heteroatoms. The summed E-state index contributed by atoms with van der Waals surface area (Å²) in [5.41, 5.74) is 2.00. The van der Waals surface area contributed by atoms with Crippen LogP contribution in [0.5, 0.6) is 0 Å². The zero-order chi connectivity index (χ0) is 15.9. The van der Waals surface area contributed by atoms with Gasteiger partial charge in [-0.3, -0.25) is 4.79 Å². The van der Waals surface area contributed by atoms with E-state index >= 15 is 0 Å². The first-order valence-corrected chi connectivity index (χ1v) is 8.32. The maximum absolute atomic E-state index is 12.3. The number of amides is 1. The summed E-state index contributed by atoms with van der Waals surface area (Å²) in [5.74, 6) is -0.0259. The number of ether oxygens (including phenoxy) is 1. The van der Waals surface area contributed by atoms with Crippen LogP contribution in [0.1, 0.15) is 30.1 Å². The topological polar surface area (TPSA) is 42.4 Å². The van der Waals surface area contributed by atoms with E-state index in [1.165, 1.54) is 0 Å². The molecule has 0 aliphatic rings. The van der Waals surface area contributed by atoms with Gasteiger partial charge in [-0.25, -0.2) is 4.98 Å². The van der Waals surface area contributed by atoms with Gasteiger partial charge in [0, 0.05) is 12.4 Å². The molecule has 1 unspecified atom stereocenters. The predicted octanol–water partition coefficient (Wildman–Crippen LogP) is 3.27. The largest absolute Gasteiger partial charge is 0.364 e. The van der Waals surface area contributed by atoms with Crippen LogP contribution in [0, 0.1) is 0 Å². The van der Waals surface area contributed by atoms with Crippen LogP contribution in [0.25, 0.3) is 0 Å². The third kappa shape index (κ3) is 4.64. The zero-order valence-corrected chi connectivity index (χ0v) is 14.1. The van der Waals surface area contributed by atoms with Crippen molar-refractivity contribution in [1.82, 2.24) is 9.88 Å². The van der Waals surface area contributed by atoms with Crippen LogP contribution < -0.4 is 0 Å². The predicted molar refractivity (Wildman–Crippen MR) is 88.7 cm³/mol. The number of likely N-dealkylation sites (N-methyl/N-ethyl adjacent to an activating group) is 1. The van der Waals surface area contributed by atoms with Crippen LogP contribution in [0.3, 0.4) is 0 Å². The number of carbonyl (C=O) groups excluding carboxylic acids is 1. The summed E-state index contributed by atoms with van der Waals surface area (Å²) in [5, 5.41) is 3.11. The van der Waals surface area contributed by atoms with Gasteiger partial charge in [-0.1, -0.05) is 37.3 Å². The molecule has 0 aliphatic carbocycles. The van der Waals surface area contributed by atoms with Gasteiger partial charge < -0.3 is 9.64 Å². The molecule has 1 atom stereocenters. The fourth-order valence-corrected chi connectivity index (χ4v) is 2.82. The second-order valence-electron chi connectivity index (χ2n) is 5.22. The van der Waals surface area contributed by atoms with Crippen molar-refractivity contribution in [2.75, 3.05) is 7.05 Å². The molecule has 22 heavy (non-hydrogen) atoms. The molecule has 0 spiro atoms. The average Bonchev–Trinajstić information content (AvgIpc) is 3.00. The molecule has 1 aromatic heterocycles. The van der Waals surface area contributed by atoms with E-state index in [2.05, 4.69) is 11.9 Å². The first-order chi connectivity index (χ1) is 10.6. The Balaban J connectivity index is 1.83. The first-order valence-electron chi connectivity index (χ1n) is 7.44.